The summed E-state index contributed by atoms with van der Waals surface area (Å²) in [5.74, 6) is -2.92. The summed E-state index contributed by atoms with van der Waals surface area (Å²) in [7, 11) is 3.75. The molecule has 4 atom stereocenters. The van der Waals surface area contributed by atoms with Crippen molar-refractivity contribution in [3.05, 3.63) is 36.4 Å². The lowest BCUT2D eigenvalue weighted by Gasteiger charge is -2.25. The molecule has 0 spiro atoms. The molecule has 12 heteroatoms. The number of carbonyl (C=O) groups excluding carboxylic acids is 4. The molecule has 0 aliphatic carbocycles. The third-order valence-corrected chi connectivity index (χ3v) is 7.67. The number of aromatic nitrogens is 4. The first-order valence-electron chi connectivity index (χ1n) is 15.2. The minimum atomic E-state index is -0.481. The van der Waals surface area contributed by atoms with Crippen molar-refractivity contribution in [1.82, 2.24) is 19.1 Å². The summed E-state index contributed by atoms with van der Waals surface area (Å²) in [5.41, 5.74) is 1.85. The number of hydrogen-bond acceptors (Lipinski definition) is 10. The predicted molar refractivity (Wildman–Crippen MR) is 157 cm³/mol. The highest BCUT2D eigenvalue weighted by atomic mass is 16.6. The molecule has 2 aromatic rings. The smallest absolute Gasteiger partial charge is 0.309 e. The van der Waals surface area contributed by atoms with Crippen molar-refractivity contribution in [2.24, 2.45) is 37.8 Å². The van der Waals surface area contributed by atoms with E-state index in [4.69, 9.17) is 18.9 Å². The van der Waals surface area contributed by atoms with Gasteiger partial charge in [0, 0.05) is 69.0 Å². The quantitative estimate of drug-likeness (QED) is 0.125. The van der Waals surface area contributed by atoms with E-state index >= 15 is 0 Å². The van der Waals surface area contributed by atoms with Gasteiger partial charge in [0.25, 0.3) is 0 Å². The van der Waals surface area contributed by atoms with Gasteiger partial charge in [-0.15, -0.1) is 0 Å². The molecule has 0 aliphatic heterocycles. The largest absolute Gasteiger partial charge is 0.465 e. The third-order valence-electron chi connectivity index (χ3n) is 7.67. The molecule has 4 unspecified atom stereocenters. The lowest BCUT2D eigenvalue weighted by molar-refractivity contribution is -0.157. The number of imidazole rings is 2. The summed E-state index contributed by atoms with van der Waals surface area (Å²) >= 11 is 0. The van der Waals surface area contributed by atoms with Crippen LogP contribution < -0.4 is 0 Å². The fourth-order valence-electron chi connectivity index (χ4n) is 4.94. The van der Waals surface area contributed by atoms with Crippen molar-refractivity contribution in [1.29, 1.82) is 0 Å². The molecule has 2 aromatic heterocycles. The fourth-order valence-corrected chi connectivity index (χ4v) is 4.94. The molecule has 0 amide bonds. The third kappa shape index (κ3) is 11.5. The molecule has 2 heterocycles. The number of esters is 4. The summed E-state index contributed by atoms with van der Waals surface area (Å²) in [6, 6.07) is 0. The minimum absolute atomic E-state index is 0.0825. The maximum Gasteiger partial charge on any atom is 0.309 e. The molecule has 0 aliphatic rings. The zero-order valence-corrected chi connectivity index (χ0v) is 26.5. The van der Waals surface area contributed by atoms with Crippen LogP contribution in [0, 0.1) is 23.7 Å². The summed E-state index contributed by atoms with van der Waals surface area (Å²) < 4.78 is 25.7. The molecule has 12 nitrogen and oxygen atoms in total. The van der Waals surface area contributed by atoms with Crippen LogP contribution >= 0.6 is 0 Å². The van der Waals surface area contributed by atoms with E-state index in [2.05, 4.69) is 9.97 Å². The van der Waals surface area contributed by atoms with Gasteiger partial charge in [0.15, 0.2) is 0 Å². The maximum atomic E-state index is 13.1. The zero-order chi connectivity index (χ0) is 31.8. The van der Waals surface area contributed by atoms with Gasteiger partial charge in [-0.2, -0.15) is 0 Å². The molecular weight excluding hydrogens is 556 g/mol. The molecule has 0 bridgehead atoms. The van der Waals surface area contributed by atoms with Gasteiger partial charge in [-0.25, -0.2) is 9.97 Å². The van der Waals surface area contributed by atoms with E-state index in [1.54, 1.807) is 38.9 Å². The number of rotatable bonds is 20. The Kier molecular flexibility index (Phi) is 15.5. The van der Waals surface area contributed by atoms with Crippen molar-refractivity contribution >= 4 is 23.9 Å². The van der Waals surface area contributed by atoms with Crippen LogP contribution in [0.2, 0.25) is 0 Å². The lowest BCUT2D eigenvalue weighted by atomic mass is 9.87. The molecule has 0 saturated carbocycles. The van der Waals surface area contributed by atoms with Crippen LogP contribution in [0.4, 0.5) is 0 Å². The van der Waals surface area contributed by atoms with E-state index in [0.717, 1.165) is 11.4 Å². The van der Waals surface area contributed by atoms with E-state index < -0.39 is 11.8 Å². The summed E-state index contributed by atoms with van der Waals surface area (Å²) in [6.45, 7) is 7.62. The van der Waals surface area contributed by atoms with E-state index in [9.17, 15) is 19.2 Å². The Morgan fingerprint density at radius 1 is 0.674 bits per heavy atom. The second-order valence-electron chi connectivity index (χ2n) is 10.7. The van der Waals surface area contributed by atoms with Crippen molar-refractivity contribution in [3.63, 3.8) is 0 Å². The highest BCUT2D eigenvalue weighted by Crippen LogP contribution is 2.25. The van der Waals surface area contributed by atoms with Crippen LogP contribution in [0.15, 0.2) is 25.0 Å². The number of ether oxygens (including phenoxy) is 4. The monoisotopic (exact) mass is 604 g/mol. The average molecular weight is 605 g/mol. The first-order chi connectivity index (χ1) is 20.6. The summed E-state index contributed by atoms with van der Waals surface area (Å²) in [5, 5.41) is 0. The first kappa shape index (κ1) is 35.5. The Balaban J connectivity index is 1.93. The predicted octanol–water partition coefficient (Wildman–Crippen LogP) is 3.61. The SMILES string of the molecule is CCC(=O)OCC(Cc1cncn1C)C(CC)C(=O)OCCCOC(=O)C(CC)C(COC(=O)CC)Cc1cncn1C. The van der Waals surface area contributed by atoms with E-state index in [1.807, 2.05) is 37.1 Å². The van der Waals surface area contributed by atoms with Gasteiger partial charge < -0.3 is 28.1 Å². The molecule has 43 heavy (non-hydrogen) atoms. The Hall–Kier alpha value is -3.70. The average Bonchev–Trinajstić information content (AvgIpc) is 3.60. The Morgan fingerprint density at radius 3 is 1.37 bits per heavy atom. The van der Waals surface area contributed by atoms with E-state index in [1.165, 1.54) is 0 Å². The first-order valence-corrected chi connectivity index (χ1v) is 15.2. The number of nitrogens with zero attached hydrogens (tertiary/aromatic N) is 4. The molecular formula is C31H48N4O8. The van der Waals surface area contributed by atoms with Gasteiger partial charge in [0.05, 0.1) is 50.9 Å². The minimum Gasteiger partial charge on any atom is -0.465 e. The van der Waals surface area contributed by atoms with Gasteiger partial charge in [-0.3, -0.25) is 19.2 Å². The van der Waals surface area contributed by atoms with Crippen LogP contribution in [0.5, 0.6) is 0 Å². The Bertz CT molecular complexity index is 1070. The second kappa shape index (κ2) is 18.8. The Labute approximate surface area is 254 Å². The van der Waals surface area contributed by atoms with Gasteiger partial charge in [0.1, 0.15) is 0 Å². The second-order valence-corrected chi connectivity index (χ2v) is 10.7. The van der Waals surface area contributed by atoms with Crippen molar-refractivity contribution in [2.75, 3.05) is 26.4 Å². The molecule has 0 N–H and O–H groups in total. The molecule has 2 rings (SSSR count). The van der Waals surface area contributed by atoms with Crippen molar-refractivity contribution in [3.8, 4) is 0 Å². The molecule has 0 radical (unpaired) electrons. The normalized spacial score (nSPS) is 13.9. The maximum absolute atomic E-state index is 13.1. The van der Waals surface area contributed by atoms with Crippen LogP contribution in [0.1, 0.15) is 71.2 Å². The van der Waals surface area contributed by atoms with Gasteiger partial charge in [0.2, 0.25) is 0 Å². The van der Waals surface area contributed by atoms with Gasteiger partial charge in [-0.05, 0) is 25.7 Å². The molecule has 0 saturated heterocycles. The standard InChI is InChI=1S/C31H48N4O8/c1-7-26(22(18-42-28(36)9-3)14-24-16-32-20-34(24)5)30(38)40-12-11-13-41-31(39)27(8-2)23(19-43-29(37)10-4)15-25-17-33-21-35(25)6/h16-17,20-23,26-27H,7-15,18-19H2,1-6H3. The van der Waals surface area contributed by atoms with E-state index in [-0.39, 0.29) is 75.0 Å². The van der Waals surface area contributed by atoms with Crippen molar-refractivity contribution < 1.29 is 38.1 Å². The highest BCUT2D eigenvalue weighted by Gasteiger charge is 2.32. The summed E-state index contributed by atoms with van der Waals surface area (Å²) in [4.78, 5) is 58.1. The molecule has 0 fully saturated rings. The lowest BCUT2D eigenvalue weighted by Crippen LogP contribution is -2.32. The number of carbonyl (C=O) groups is 4. The molecule has 0 aromatic carbocycles. The van der Waals surface area contributed by atoms with Gasteiger partial charge >= 0.3 is 23.9 Å². The summed E-state index contributed by atoms with van der Waals surface area (Å²) in [6.07, 6.45) is 9.72. The Morgan fingerprint density at radius 2 is 1.07 bits per heavy atom. The number of hydrogen-bond donors (Lipinski definition) is 0. The molecule has 240 valence electrons. The van der Waals surface area contributed by atoms with Crippen LogP contribution in [-0.4, -0.2) is 69.4 Å². The van der Waals surface area contributed by atoms with Crippen LogP contribution in [0.3, 0.4) is 0 Å². The van der Waals surface area contributed by atoms with Crippen molar-refractivity contribution in [2.45, 2.75) is 72.6 Å². The highest BCUT2D eigenvalue weighted by molar-refractivity contribution is 5.74. The fraction of sp³-hybridized carbons (Fsp3) is 0.677. The van der Waals surface area contributed by atoms with Gasteiger partial charge in [-0.1, -0.05) is 27.7 Å². The van der Waals surface area contributed by atoms with Crippen LogP contribution in [-0.2, 0) is 65.1 Å². The topological polar surface area (TPSA) is 141 Å². The number of aryl methyl sites for hydroxylation is 2. The van der Waals surface area contributed by atoms with E-state index in [0.29, 0.717) is 32.1 Å². The van der Waals surface area contributed by atoms with Crippen LogP contribution in [0.25, 0.3) is 0 Å². The zero-order valence-electron chi connectivity index (χ0n) is 26.5.